The predicted molar refractivity (Wildman–Crippen MR) is 85.9 cm³/mol. The third-order valence-corrected chi connectivity index (χ3v) is 4.17. The zero-order valence-corrected chi connectivity index (χ0v) is 13.6. The second-order valence-corrected chi connectivity index (χ2v) is 5.90. The Morgan fingerprint density at radius 3 is 2.61 bits per heavy atom. The molecule has 0 amide bonds. The van der Waals surface area contributed by atoms with Crippen LogP contribution in [0, 0.1) is 6.92 Å². The first kappa shape index (κ1) is 14.3. The Kier molecular flexibility index (Phi) is 3.39. The Labute approximate surface area is 140 Å². The number of fused-ring (bicyclic) bond motifs is 2. The van der Waals surface area contributed by atoms with Gasteiger partial charge in [-0.1, -0.05) is 23.2 Å². The predicted octanol–water partition coefficient (Wildman–Crippen LogP) is 2.57. The van der Waals surface area contributed by atoms with Crippen LogP contribution in [0.3, 0.4) is 0 Å². The van der Waals surface area contributed by atoms with Gasteiger partial charge in [-0.2, -0.15) is 10.1 Å². The van der Waals surface area contributed by atoms with E-state index in [9.17, 15) is 0 Å². The van der Waals surface area contributed by atoms with E-state index < -0.39 is 0 Å². The molecule has 0 aliphatic heterocycles. The van der Waals surface area contributed by atoms with Crippen LogP contribution in [0.25, 0.3) is 11.4 Å². The first-order valence-corrected chi connectivity index (χ1v) is 7.74. The fraction of sp³-hybridized carbons (Fsp3) is 0.214. The molecule has 0 saturated heterocycles. The highest BCUT2D eigenvalue weighted by atomic mass is 35.5. The number of hydrogen-bond donors (Lipinski definition) is 0. The fourth-order valence-electron chi connectivity index (χ4n) is 2.34. The highest BCUT2D eigenvalue weighted by Gasteiger charge is 2.13. The average Bonchev–Trinajstić information content (AvgIpc) is 3.14. The molecule has 0 fully saturated rings. The largest absolute Gasteiger partial charge is 0.252 e. The molecule has 7 nitrogen and oxygen atoms in total. The number of halogens is 2. The highest BCUT2D eigenvalue weighted by Crippen LogP contribution is 2.24. The summed E-state index contributed by atoms with van der Waals surface area (Å²) >= 11 is 12.3. The van der Waals surface area contributed by atoms with Crippen molar-refractivity contribution >= 4 is 34.6 Å². The maximum Gasteiger partial charge on any atom is 0.252 e. The van der Waals surface area contributed by atoms with E-state index in [2.05, 4.69) is 25.1 Å². The second kappa shape index (κ2) is 5.43. The lowest BCUT2D eigenvalue weighted by Crippen LogP contribution is -1.98. The van der Waals surface area contributed by atoms with Crippen molar-refractivity contribution in [2.24, 2.45) is 0 Å². The van der Waals surface area contributed by atoms with Crippen LogP contribution in [0.15, 0.2) is 24.5 Å². The smallest absolute Gasteiger partial charge is 0.220 e. The number of nitrogens with zero attached hydrogens (tertiary/aromatic N) is 7. The summed E-state index contributed by atoms with van der Waals surface area (Å²) in [6.07, 6.45) is 4.72. The lowest BCUT2D eigenvalue weighted by molar-refractivity contribution is 0.783. The summed E-state index contributed by atoms with van der Waals surface area (Å²) in [5.41, 5.74) is 1.41. The first-order chi connectivity index (χ1) is 11.1. The number of hydrogen-bond acceptors (Lipinski definition) is 5. The molecule has 4 aromatic heterocycles. The van der Waals surface area contributed by atoms with E-state index in [1.54, 1.807) is 21.3 Å². The van der Waals surface area contributed by atoms with Gasteiger partial charge >= 0.3 is 0 Å². The summed E-state index contributed by atoms with van der Waals surface area (Å²) < 4.78 is 3.31. The Hall–Kier alpha value is -2.25. The van der Waals surface area contributed by atoms with E-state index in [-0.39, 0.29) is 0 Å². The van der Waals surface area contributed by atoms with Crippen LogP contribution in [-0.2, 0) is 12.8 Å². The molecule has 4 rings (SSSR count). The van der Waals surface area contributed by atoms with Crippen LogP contribution in [0.2, 0.25) is 10.0 Å². The summed E-state index contributed by atoms with van der Waals surface area (Å²) in [6.45, 7) is 1.87. The van der Waals surface area contributed by atoms with E-state index in [1.165, 1.54) is 0 Å². The molecule has 4 heterocycles. The summed E-state index contributed by atoms with van der Waals surface area (Å²) in [6, 6.07) is 3.49. The van der Waals surface area contributed by atoms with Gasteiger partial charge in [0.1, 0.15) is 0 Å². The summed E-state index contributed by atoms with van der Waals surface area (Å²) in [4.78, 5) is 13.0. The third kappa shape index (κ3) is 2.51. The molecule has 0 aliphatic rings. The van der Waals surface area contributed by atoms with Crippen LogP contribution in [0.4, 0.5) is 0 Å². The molecule has 116 valence electrons. The van der Waals surface area contributed by atoms with Crippen molar-refractivity contribution in [1.82, 2.24) is 34.2 Å². The van der Waals surface area contributed by atoms with Crippen molar-refractivity contribution in [1.29, 1.82) is 0 Å². The Morgan fingerprint density at radius 1 is 1.04 bits per heavy atom. The molecule has 23 heavy (non-hydrogen) atoms. The number of pyridine rings is 1. The van der Waals surface area contributed by atoms with E-state index in [1.807, 2.05) is 19.2 Å². The maximum absolute atomic E-state index is 6.17. The van der Waals surface area contributed by atoms with Gasteiger partial charge in [0.2, 0.25) is 0 Å². The normalized spacial score (nSPS) is 11.6. The minimum absolute atomic E-state index is 0.481. The van der Waals surface area contributed by atoms with Crippen LogP contribution >= 0.6 is 23.2 Å². The van der Waals surface area contributed by atoms with Crippen LogP contribution in [0.5, 0.6) is 0 Å². The van der Waals surface area contributed by atoms with Crippen LogP contribution in [-0.4, -0.2) is 34.2 Å². The molecule has 0 radical (unpaired) electrons. The topological polar surface area (TPSA) is 73.3 Å². The van der Waals surface area contributed by atoms with E-state index in [0.29, 0.717) is 46.0 Å². The van der Waals surface area contributed by atoms with Crippen molar-refractivity contribution in [2.45, 2.75) is 19.8 Å². The average molecular weight is 348 g/mol. The molecule has 0 saturated carbocycles. The van der Waals surface area contributed by atoms with Gasteiger partial charge in [0.15, 0.2) is 17.3 Å². The second-order valence-electron chi connectivity index (χ2n) is 5.08. The highest BCUT2D eigenvalue weighted by molar-refractivity contribution is 6.36. The SMILES string of the molecule is Cc1c(Cl)cc(Cl)c2nc(CCc3nc4ncccn4n3)nn12. The van der Waals surface area contributed by atoms with Gasteiger partial charge in [-0.05, 0) is 19.1 Å². The van der Waals surface area contributed by atoms with Gasteiger partial charge in [-0.3, -0.25) is 0 Å². The quantitative estimate of drug-likeness (QED) is 0.569. The Balaban J connectivity index is 1.62. The van der Waals surface area contributed by atoms with Gasteiger partial charge in [-0.15, -0.1) is 5.10 Å². The molecule has 0 unspecified atom stereocenters. The van der Waals surface area contributed by atoms with Gasteiger partial charge < -0.3 is 0 Å². The van der Waals surface area contributed by atoms with Crippen molar-refractivity contribution < 1.29 is 0 Å². The third-order valence-electron chi connectivity index (χ3n) is 3.51. The van der Waals surface area contributed by atoms with E-state index in [0.717, 1.165) is 5.69 Å². The first-order valence-electron chi connectivity index (χ1n) is 6.98. The van der Waals surface area contributed by atoms with Gasteiger partial charge in [0, 0.05) is 25.2 Å². The van der Waals surface area contributed by atoms with Crippen molar-refractivity contribution in [3.8, 4) is 0 Å². The molecule has 0 bridgehead atoms. The van der Waals surface area contributed by atoms with Crippen molar-refractivity contribution in [3.05, 3.63) is 51.9 Å². The Bertz CT molecular complexity index is 988. The molecule has 0 aliphatic carbocycles. The molecular weight excluding hydrogens is 337 g/mol. The molecular formula is C14H11Cl2N7. The summed E-state index contributed by atoms with van der Waals surface area (Å²) in [7, 11) is 0. The summed E-state index contributed by atoms with van der Waals surface area (Å²) in [5, 5.41) is 9.87. The number of rotatable bonds is 3. The standard InChI is InChI=1S/C14H11Cl2N7/c1-8-9(15)7-10(16)13-18-11(21-23(8)13)3-4-12-19-14-17-5-2-6-22(14)20-12/h2,5-7H,3-4H2,1H3. The van der Waals surface area contributed by atoms with E-state index >= 15 is 0 Å². The molecule has 0 spiro atoms. The molecule has 4 aromatic rings. The fourth-order valence-corrected chi connectivity index (χ4v) is 2.81. The molecule has 9 heteroatoms. The van der Waals surface area contributed by atoms with Crippen molar-refractivity contribution in [2.75, 3.05) is 0 Å². The number of aromatic nitrogens is 7. The van der Waals surface area contributed by atoms with Gasteiger partial charge in [0.25, 0.3) is 5.78 Å². The lowest BCUT2D eigenvalue weighted by Gasteiger charge is -2.01. The minimum atomic E-state index is 0.481. The monoisotopic (exact) mass is 347 g/mol. The van der Waals surface area contributed by atoms with Gasteiger partial charge in [-0.25, -0.2) is 19.0 Å². The molecule has 0 atom stereocenters. The zero-order chi connectivity index (χ0) is 16.0. The zero-order valence-electron chi connectivity index (χ0n) is 12.1. The lowest BCUT2D eigenvalue weighted by atomic mass is 10.3. The van der Waals surface area contributed by atoms with Crippen LogP contribution in [0.1, 0.15) is 17.3 Å². The van der Waals surface area contributed by atoms with E-state index in [4.69, 9.17) is 23.2 Å². The molecule has 0 aromatic carbocycles. The maximum atomic E-state index is 6.17. The molecule has 0 N–H and O–H groups in total. The van der Waals surface area contributed by atoms with Crippen LogP contribution < -0.4 is 0 Å². The minimum Gasteiger partial charge on any atom is -0.220 e. The van der Waals surface area contributed by atoms with Gasteiger partial charge in [0.05, 0.1) is 15.7 Å². The number of aryl methyl sites for hydroxylation is 3. The Morgan fingerprint density at radius 2 is 1.83 bits per heavy atom. The summed E-state index contributed by atoms with van der Waals surface area (Å²) in [5.74, 6) is 1.95. The van der Waals surface area contributed by atoms with Crippen molar-refractivity contribution in [3.63, 3.8) is 0 Å².